The van der Waals surface area contributed by atoms with Crippen molar-refractivity contribution in [3.63, 3.8) is 0 Å². The Kier molecular flexibility index (Phi) is 5.32. The highest BCUT2D eigenvalue weighted by molar-refractivity contribution is 6.32. The van der Waals surface area contributed by atoms with Gasteiger partial charge in [0.05, 0.1) is 24.9 Å². The molecule has 0 unspecified atom stereocenters. The van der Waals surface area contributed by atoms with E-state index in [1.165, 1.54) is 14.2 Å². The number of hydrogen-bond acceptors (Lipinski definition) is 5. The Hall–Kier alpha value is -2.73. The van der Waals surface area contributed by atoms with Crippen molar-refractivity contribution >= 4 is 34.3 Å². The number of aryl methyl sites for hydroxylation is 2. The number of methoxy groups -OCH3 is 2. The molecular weight excluding hydrogens is 356 g/mol. The molecule has 136 valence electrons. The van der Waals surface area contributed by atoms with E-state index in [1.54, 1.807) is 19.1 Å². The highest BCUT2D eigenvalue weighted by Crippen LogP contribution is 2.35. The van der Waals surface area contributed by atoms with Gasteiger partial charge in [0.1, 0.15) is 17.0 Å². The van der Waals surface area contributed by atoms with E-state index < -0.39 is 0 Å². The first-order chi connectivity index (χ1) is 12.5. The number of oxazole rings is 1. The van der Waals surface area contributed by atoms with Crippen molar-refractivity contribution in [1.82, 2.24) is 4.98 Å². The summed E-state index contributed by atoms with van der Waals surface area (Å²) >= 11 is 6.08. The molecule has 0 saturated carbocycles. The zero-order valence-corrected chi connectivity index (χ0v) is 15.5. The molecule has 1 aromatic heterocycles. The van der Waals surface area contributed by atoms with Crippen LogP contribution in [0.5, 0.6) is 11.5 Å². The summed E-state index contributed by atoms with van der Waals surface area (Å²) < 4.78 is 15.9. The summed E-state index contributed by atoms with van der Waals surface area (Å²) in [6, 6.07) is 8.99. The van der Waals surface area contributed by atoms with Gasteiger partial charge in [-0.2, -0.15) is 0 Å². The molecule has 0 atom stereocenters. The maximum Gasteiger partial charge on any atom is 0.224 e. The van der Waals surface area contributed by atoms with Crippen molar-refractivity contribution in [3.05, 3.63) is 46.8 Å². The van der Waals surface area contributed by atoms with Crippen LogP contribution in [0, 0.1) is 6.92 Å². The lowest BCUT2D eigenvalue weighted by Crippen LogP contribution is -2.13. The minimum Gasteiger partial charge on any atom is -0.495 e. The van der Waals surface area contributed by atoms with E-state index in [-0.39, 0.29) is 5.91 Å². The Labute approximate surface area is 156 Å². The number of halogens is 1. The summed E-state index contributed by atoms with van der Waals surface area (Å²) in [5.74, 6) is 1.43. The van der Waals surface area contributed by atoms with Gasteiger partial charge in [0.25, 0.3) is 0 Å². The van der Waals surface area contributed by atoms with E-state index in [0.29, 0.717) is 40.9 Å². The SMILES string of the molecule is COc1cc(NC(=O)CCc2ccc3oc(C)nc3c2)c(OC)cc1Cl. The van der Waals surface area contributed by atoms with Gasteiger partial charge in [-0.3, -0.25) is 4.79 Å². The first-order valence-corrected chi connectivity index (χ1v) is 8.45. The van der Waals surface area contributed by atoms with Crippen molar-refractivity contribution in [2.45, 2.75) is 19.8 Å². The molecule has 7 heteroatoms. The number of aromatic nitrogens is 1. The number of benzene rings is 2. The maximum absolute atomic E-state index is 12.3. The van der Waals surface area contributed by atoms with Crippen LogP contribution < -0.4 is 14.8 Å². The lowest BCUT2D eigenvalue weighted by molar-refractivity contribution is -0.116. The summed E-state index contributed by atoms with van der Waals surface area (Å²) in [5.41, 5.74) is 3.07. The maximum atomic E-state index is 12.3. The van der Waals surface area contributed by atoms with Gasteiger partial charge in [-0.25, -0.2) is 4.98 Å². The molecule has 3 aromatic rings. The molecule has 0 bridgehead atoms. The van der Waals surface area contributed by atoms with Crippen molar-refractivity contribution in [2.24, 2.45) is 0 Å². The molecule has 3 rings (SSSR count). The molecule has 0 saturated heterocycles. The average molecular weight is 375 g/mol. The van der Waals surface area contributed by atoms with Crippen LogP contribution in [0.3, 0.4) is 0 Å². The standard InChI is InChI=1S/C19H19ClN2O4/c1-11-21-14-8-12(4-6-16(14)26-11)5-7-19(23)22-15-10-17(24-2)13(20)9-18(15)25-3/h4,6,8-10H,5,7H2,1-3H3,(H,22,23). The van der Waals surface area contributed by atoms with E-state index in [0.717, 1.165) is 16.7 Å². The number of nitrogens with zero attached hydrogens (tertiary/aromatic N) is 1. The second-order valence-corrected chi connectivity index (χ2v) is 6.18. The number of fused-ring (bicyclic) bond motifs is 1. The number of hydrogen-bond donors (Lipinski definition) is 1. The summed E-state index contributed by atoms with van der Waals surface area (Å²) in [4.78, 5) is 16.6. The van der Waals surface area contributed by atoms with E-state index >= 15 is 0 Å². The van der Waals surface area contributed by atoms with Crippen LogP contribution in [0.2, 0.25) is 5.02 Å². The highest BCUT2D eigenvalue weighted by atomic mass is 35.5. The Balaban J connectivity index is 1.68. The van der Waals surface area contributed by atoms with Gasteiger partial charge >= 0.3 is 0 Å². The summed E-state index contributed by atoms with van der Waals surface area (Å²) in [6.07, 6.45) is 0.900. The van der Waals surface area contributed by atoms with Gasteiger partial charge < -0.3 is 19.2 Å². The number of ether oxygens (including phenoxy) is 2. The quantitative estimate of drug-likeness (QED) is 0.693. The molecular formula is C19H19ClN2O4. The monoisotopic (exact) mass is 374 g/mol. The molecule has 1 amide bonds. The number of carbonyl (C=O) groups excluding carboxylic acids is 1. The van der Waals surface area contributed by atoms with Crippen LogP contribution in [0.15, 0.2) is 34.7 Å². The average Bonchev–Trinajstić information content (AvgIpc) is 3.00. The number of anilines is 1. The van der Waals surface area contributed by atoms with Crippen molar-refractivity contribution < 1.29 is 18.7 Å². The van der Waals surface area contributed by atoms with Gasteiger partial charge in [-0.05, 0) is 24.1 Å². The fourth-order valence-electron chi connectivity index (χ4n) is 2.67. The minimum absolute atomic E-state index is 0.135. The molecule has 0 spiro atoms. The first-order valence-electron chi connectivity index (χ1n) is 8.07. The summed E-state index contributed by atoms with van der Waals surface area (Å²) in [5, 5.41) is 3.25. The zero-order valence-electron chi connectivity index (χ0n) is 14.8. The second kappa shape index (κ2) is 7.66. The third-order valence-electron chi connectivity index (χ3n) is 3.95. The topological polar surface area (TPSA) is 73.6 Å². The highest BCUT2D eigenvalue weighted by Gasteiger charge is 2.13. The molecule has 26 heavy (non-hydrogen) atoms. The minimum atomic E-state index is -0.135. The van der Waals surface area contributed by atoms with Crippen molar-refractivity contribution in [3.8, 4) is 11.5 Å². The Morgan fingerprint density at radius 1 is 1.19 bits per heavy atom. The van der Waals surface area contributed by atoms with E-state index in [4.69, 9.17) is 25.5 Å². The lowest BCUT2D eigenvalue weighted by atomic mass is 10.1. The Bertz CT molecular complexity index is 952. The number of nitrogens with one attached hydrogen (secondary N) is 1. The van der Waals surface area contributed by atoms with Crippen LogP contribution >= 0.6 is 11.6 Å². The predicted molar refractivity (Wildman–Crippen MR) is 100 cm³/mol. The van der Waals surface area contributed by atoms with Crippen LogP contribution in [0.25, 0.3) is 11.1 Å². The van der Waals surface area contributed by atoms with Crippen LogP contribution in [-0.4, -0.2) is 25.1 Å². The molecule has 0 aliphatic heterocycles. The molecule has 1 N–H and O–H groups in total. The van der Waals surface area contributed by atoms with E-state index in [9.17, 15) is 4.79 Å². The molecule has 0 aliphatic rings. The third kappa shape index (κ3) is 3.91. The normalized spacial score (nSPS) is 10.8. The zero-order chi connectivity index (χ0) is 18.7. The van der Waals surface area contributed by atoms with Crippen molar-refractivity contribution in [2.75, 3.05) is 19.5 Å². The van der Waals surface area contributed by atoms with Crippen molar-refractivity contribution in [1.29, 1.82) is 0 Å². The van der Waals surface area contributed by atoms with E-state index in [1.807, 2.05) is 18.2 Å². The smallest absolute Gasteiger partial charge is 0.224 e. The van der Waals surface area contributed by atoms with Gasteiger partial charge in [-0.1, -0.05) is 17.7 Å². The molecule has 2 aromatic carbocycles. The van der Waals surface area contributed by atoms with E-state index in [2.05, 4.69) is 10.3 Å². The lowest BCUT2D eigenvalue weighted by Gasteiger charge is -2.13. The largest absolute Gasteiger partial charge is 0.495 e. The molecule has 0 aliphatic carbocycles. The summed E-state index contributed by atoms with van der Waals surface area (Å²) in [6.45, 7) is 1.81. The van der Waals surface area contributed by atoms with Crippen LogP contribution in [0.1, 0.15) is 17.9 Å². The molecule has 6 nitrogen and oxygen atoms in total. The molecule has 0 radical (unpaired) electrons. The Morgan fingerprint density at radius 3 is 2.69 bits per heavy atom. The molecule has 1 heterocycles. The third-order valence-corrected chi connectivity index (χ3v) is 4.24. The number of carbonyl (C=O) groups is 1. The van der Waals surface area contributed by atoms with Gasteiger partial charge in [-0.15, -0.1) is 0 Å². The second-order valence-electron chi connectivity index (χ2n) is 5.77. The first kappa shape index (κ1) is 18.1. The fraction of sp³-hybridized carbons (Fsp3) is 0.263. The fourth-order valence-corrected chi connectivity index (χ4v) is 2.90. The summed E-state index contributed by atoms with van der Waals surface area (Å²) in [7, 11) is 3.03. The van der Waals surface area contributed by atoms with Gasteiger partial charge in [0.2, 0.25) is 5.91 Å². The number of rotatable bonds is 6. The molecule has 0 fully saturated rings. The Morgan fingerprint density at radius 2 is 1.96 bits per heavy atom. The number of amides is 1. The van der Waals surface area contributed by atoms with Crippen LogP contribution in [-0.2, 0) is 11.2 Å². The van der Waals surface area contributed by atoms with Crippen LogP contribution in [0.4, 0.5) is 5.69 Å². The van der Waals surface area contributed by atoms with Gasteiger partial charge in [0.15, 0.2) is 11.5 Å². The predicted octanol–water partition coefficient (Wildman–Crippen LogP) is 4.38. The van der Waals surface area contributed by atoms with Gasteiger partial charge in [0, 0.05) is 25.5 Å².